The lowest BCUT2D eigenvalue weighted by molar-refractivity contribution is -0.000561. The van der Waals surface area contributed by atoms with Crippen molar-refractivity contribution in [2.24, 2.45) is 5.92 Å². The summed E-state index contributed by atoms with van der Waals surface area (Å²) in [4.78, 5) is 2.91. The summed E-state index contributed by atoms with van der Waals surface area (Å²) < 4.78 is 0. The Kier molecular flexibility index (Phi) is 3.55. The van der Waals surface area contributed by atoms with Crippen LogP contribution in [0.5, 0.6) is 0 Å². The predicted molar refractivity (Wildman–Crippen MR) is 87.3 cm³/mol. The van der Waals surface area contributed by atoms with E-state index in [2.05, 4.69) is 47.5 Å². The molecule has 1 aromatic carbocycles. The average molecular weight is 284 g/mol. The summed E-state index contributed by atoms with van der Waals surface area (Å²) in [5, 5.41) is 3.86. The molecule has 1 heterocycles. The van der Waals surface area contributed by atoms with Crippen LogP contribution in [0, 0.1) is 5.92 Å². The number of nitrogens with zero attached hydrogens (tertiary/aromatic N) is 1. The van der Waals surface area contributed by atoms with E-state index in [1.165, 1.54) is 50.6 Å². The highest BCUT2D eigenvalue weighted by molar-refractivity contribution is 5.21. The van der Waals surface area contributed by atoms with E-state index in [9.17, 15) is 0 Å². The lowest BCUT2D eigenvalue weighted by Gasteiger charge is -2.51. The van der Waals surface area contributed by atoms with Gasteiger partial charge in [-0.05, 0) is 44.1 Å². The molecule has 2 aliphatic carbocycles. The summed E-state index contributed by atoms with van der Waals surface area (Å²) in [7, 11) is 0. The molecule has 2 heteroatoms. The van der Waals surface area contributed by atoms with Gasteiger partial charge in [0.15, 0.2) is 0 Å². The Morgan fingerprint density at radius 2 is 1.76 bits per heavy atom. The second-order valence-corrected chi connectivity index (χ2v) is 7.57. The van der Waals surface area contributed by atoms with E-state index in [0.717, 1.165) is 18.5 Å². The van der Waals surface area contributed by atoms with E-state index in [0.29, 0.717) is 11.6 Å². The zero-order chi connectivity index (χ0) is 14.3. The van der Waals surface area contributed by atoms with Gasteiger partial charge in [0.05, 0.1) is 0 Å². The smallest absolute Gasteiger partial charge is 0.0450 e. The molecule has 1 saturated heterocycles. The molecule has 3 fully saturated rings. The van der Waals surface area contributed by atoms with Crippen molar-refractivity contribution in [3.05, 3.63) is 35.9 Å². The molecule has 2 saturated carbocycles. The summed E-state index contributed by atoms with van der Waals surface area (Å²) in [5.41, 5.74) is 1.86. The van der Waals surface area contributed by atoms with E-state index >= 15 is 0 Å². The first-order valence-electron chi connectivity index (χ1n) is 8.82. The topological polar surface area (TPSA) is 15.3 Å². The first kappa shape index (κ1) is 13.8. The van der Waals surface area contributed by atoms with Crippen LogP contribution in [0.25, 0.3) is 0 Å². The molecular formula is C19H28N2. The van der Waals surface area contributed by atoms with Crippen LogP contribution in [-0.4, -0.2) is 29.6 Å². The highest BCUT2D eigenvalue weighted by atomic mass is 15.3. The zero-order valence-electron chi connectivity index (χ0n) is 13.2. The molecule has 1 aromatic rings. The van der Waals surface area contributed by atoms with Crippen LogP contribution >= 0.6 is 0 Å². The fraction of sp³-hybridized carbons (Fsp3) is 0.684. The van der Waals surface area contributed by atoms with Crippen LogP contribution in [0.4, 0.5) is 0 Å². The lowest BCUT2D eigenvalue weighted by Crippen LogP contribution is -2.64. The number of nitrogens with one attached hydrogen (secondary N) is 1. The molecule has 1 N–H and O–H groups in total. The Hall–Kier alpha value is -0.860. The van der Waals surface area contributed by atoms with Crippen molar-refractivity contribution < 1.29 is 0 Å². The van der Waals surface area contributed by atoms with Crippen LogP contribution in [0.15, 0.2) is 30.3 Å². The molecule has 4 rings (SSSR count). The van der Waals surface area contributed by atoms with Gasteiger partial charge in [0.25, 0.3) is 0 Å². The maximum absolute atomic E-state index is 3.86. The Labute approximate surface area is 128 Å². The number of benzene rings is 1. The Morgan fingerprint density at radius 3 is 2.43 bits per heavy atom. The quantitative estimate of drug-likeness (QED) is 0.909. The van der Waals surface area contributed by atoms with Gasteiger partial charge in [-0.15, -0.1) is 0 Å². The van der Waals surface area contributed by atoms with E-state index < -0.39 is 0 Å². The average Bonchev–Trinajstić information content (AvgIpc) is 3.26. The van der Waals surface area contributed by atoms with Gasteiger partial charge in [0, 0.05) is 30.7 Å². The summed E-state index contributed by atoms with van der Waals surface area (Å²) in [6.45, 7) is 4.88. The normalized spacial score (nSPS) is 35.2. The van der Waals surface area contributed by atoms with Crippen LogP contribution in [0.2, 0.25) is 0 Å². The molecule has 2 nitrogen and oxygen atoms in total. The van der Waals surface area contributed by atoms with Gasteiger partial charge in [-0.2, -0.15) is 0 Å². The van der Waals surface area contributed by atoms with Crippen LogP contribution in [0.1, 0.15) is 57.1 Å². The SMILES string of the molecule is CC1(C2CC2)CNC(c2ccccc2)CN1C1CCCC1. The number of piperazine rings is 1. The third-order valence-corrected chi connectivity index (χ3v) is 6.17. The van der Waals surface area contributed by atoms with Crippen LogP contribution in [-0.2, 0) is 0 Å². The summed E-state index contributed by atoms with van der Waals surface area (Å²) in [6.07, 6.45) is 8.60. The highest BCUT2D eigenvalue weighted by Crippen LogP contribution is 2.47. The monoisotopic (exact) mass is 284 g/mol. The standard InChI is InChI=1S/C19H28N2/c1-19(16-11-12-16)14-20-18(15-7-3-2-4-8-15)13-21(19)17-9-5-6-10-17/h2-4,7-8,16-18,20H,5-6,9-14H2,1H3. The second-order valence-electron chi connectivity index (χ2n) is 7.57. The molecule has 0 aromatic heterocycles. The van der Waals surface area contributed by atoms with Gasteiger partial charge in [0.1, 0.15) is 0 Å². The maximum Gasteiger partial charge on any atom is 0.0450 e. The fourth-order valence-electron chi connectivity index (χ4n) is 4.68. The first-order chi connectivity index (χ1) is 10.3. The molecule has 3 aliphatic rings. The number of hydrogen-bond donors (Lipinski definition) is 1. The largest absolute Gasteiger partial charge is 0.307 e. The van der Waals surface area contributed by atoms with Crippen LogP contribution in [0.3, 0.4) is 0 Å². The van der Waals surface area contributed by atoms with Crippen molar-refractivity contribution >= 4 is 0 Å². The molecule has 2 atom stereocenters. The van der Waals surface area contributed by atoms with Gasteiger partial charge in [-0.3, -0.25) is 4.90 Å². The van der Waals surface area contributed by atoms with E-state index in [1.54, 1.807) is 0 Å². The van der Waals surface area contributed by atoms with Crippen molar-refractivity contribution in [2.75, 3.05) is 13.1 Å². The molecule has 0 bridgehead atoms. The first-order valence-corrected chi connectivity index (χ1v) is 8.82. The minimum Gasteiger partial charge on any atom is -0.307 e. The van der Waals surface area contributed by atoms with Crippen molar-refractivity contribution in [3.8, 4) is 0 Å². The zero-order valence-corrected chi connectivity index (χ0v) is 13.2. The molecule has 0 amide bonds. The van der Waals surface area contributed by atoms with Gasteiger partial charge < -0.3 is 5.32 Å². The minimum atomic E-state index is 0.403. The van der Waals surface area contributed by atoms with Crippen molar-refractivity contribution in [1.29, 1.82) is 0 Å². The molecule has 0 radical (unpaired) electrons. The molecule has 0 spiro atoms. The Morgan fingerprint density at radius 1 is 1.05 bits per heavy atom. The predicted octanol–water partition coefficient (Wildman–Crippen LogP) is 3.74. The summed E-state index contributed by atoms with van der Waals surface area (Å²) >= 11 is 0. The molecular weight excluding hydrogens is 256 g/mol. The minimum absolute atomic E-state index is 0.403. The van der Waals surface area contributed by atoms with Gasteiger partial charge in [-0.1, -0.05) is 43.2 Å². The molecule has 2 unspecified atom stereocenters. The van der Waals surface area contributed by atoms with E-state index in [4.69, 9.17) is 0 Å². The summed E-state index contributed by atoms with van der Waals surface area (Å²) in [5.74, 6) is 0.933. The lowest BCUT2D eigenvalue weighted by atomic mass is 9.86. The third kappa shape index (κ3) is 2.53. The van der Waals surface area contributed by atoms with E-state index in [1.807, 2.05) is 0 Å². The molecule has 114 valence electrons. The Balaban J connectivity index is 1.57. The van der Waals surface area contributed by atoms with Gasteiger partial charge >= 0.3 is 0 Å². The number of hydrogen-bond acceptors (Lipinski definition) is 2. The molecule has 21 heavy (non-hydrogen) atoms. The molecule has 1 aliphatic heterocycles. The van der Waals surface area contributed by atoms with Gasteiger partial charge in [0.2, 0.25) is 0 Å². The number of rotatable bonds is 3. The Bertz CT molecular complexity index is 476. The van der Waals surface area contributed by atoms with Crippen molar-refractivity contribution in [3.63, 3.8) is 0 Å². The van der Waals surface area contributed by atoms with Crippen LogP contribution < -0.4 is 5.32 Å². The van der Waals surface area contributed by atoms with Crippen molar-refractivity contribution in [1.82, 2.24) is 10.2 Å². The van der Waals surface area contributed by atoms with Crippen molar-refractivity contribution in [2.45, 2.75) is 63.1 Å². The highest BCUT2D eigenvalue weighted by Gasteiger charge is 2.50. The maximum atomic E-state index is 3.86. The van der Waals surface area contributed by atoms with E-state index in [-0.39, 0.29) is 0 Å². The third-order valence-electron chi connectivity index (χ3n) is 6.17. The second kappa shape index (κ2) is 5.40. The fourth-order valence-corrected chi connectivity index (χ4v) is 4.68. The van der Waals surface area contributed by atoms with Gasteiger partial charge in [-0.25, -0.2) is 0 Å². The summed E-state index contributed by atoms with van der Waals surface area (Å²) in [6, 6.07) is 12.4.